The molecule has 104 valence electrons. The molecule has 1 aliphatic rings. The van der Waals surface area contributed by atoms with Crippen LogP contribution in [-0.4, -0.2) is 17.6 Å². The van der Waals surface area contributed by atoms with E-state index in [0.717, 1.165) is 22.4 Å². The minimum Gasteiger partial charge on any atom is -0.383 e. The summed E-state index contributed by atoms with van der Waals surface area (Å²) in [7, 11) is 0. The van der Waals surface area contributed by atoms with Gasteiger partial charge in [0, 0.05) is 21.9 Å². The van der Waals surface area contributed by atoms with E-state index in [2.05, 4.69) is 12.2 Å². The van der Waals surface area contributed by atoms with Gasteiger partial charge in [0.05, 0.1) is 0 Å². The number of nitrogens with one attached hydrogen (secondary N) is 1. The van der Waals surface area contributed by atoms with Crippen LogP contribution in [0.3, 0.4) is 0 Å². The van der Waals surface area contributed by atoms with E-state index in [1.54, 1.807) is 11.3 Å². The maximum absolute atomic E-state index is 11.9. The first-order valence-corrected chi connectivity index (χ1v) is 7.54. The Bertz CT molecular complexity index is 656. The van der Waals surface area contributed by atoms with Crippen LogP contribution >= 0.6 is 11.3 Å². The lowest BCUT2D eigenvalue weighted by Gasteiger charge is -2.18. The number of carbonyl (C=O) groups excluding carboxylic acids is 1. The Morgan fingerprint density at radius 1 is 1.30 bits per heavy atom. The van der Waals surface area contributed by atoms with Gasteiger partial charge in [-0.3, -0.25) is 4.79 Å². The average molecular weight is 287 g/mol. The summed E-state index contributed by atoms with van der Waals surface area (Å²) < 4.78 is 0. The standard InChI is InChI=1S/C16H17NO2S/c1-9-7-14(20-10(9)2)15(18)12-4-3-11-5-6-17-16(19)13(11)8-12/h3-4,7-8,15,18H,5-6H2,1-2H3,(H,17,19). The molecular formula is C16H17NO2S. The Balaban J connectivity index is 1.98. The molecule has 1 aliphatic heterocycles. The van der Waals surface area contributed by atoms with Crippen molar-refractivity contribution >= 4 is 17.2 Å². The molecule has 1 unspecified atom stereocenters. The van der Waals surface area contributed by atoms with E-state index in [1.807, 2.05) is 31.2 Å². The SMILES string of the molecule is Cc1cc(C(O)c2ccc3c(c2)C(=O)NCC3)sc1C. The number of aliphatic hydroxyl groups excluding tert-OH is 1. The summed E-state index contributed by atoms with van der Waals surface area (Å²) in [6, 6.07) is 7.72. The highest BCUT2D eigenvalue weighted by Gasteiger charge is 2.20. The quantitative estimate of drug-likeness (QED) is 0.892. The van der Waals surface area contributed by atoms with E-state index >= 15 is 0 Å². The molecule has 4 heteroatoms. The molecule has 1 aromatic heterocycles. The number of aliphatic hydroxyl groups is 1. The minimum atomic E-state index is -0.660. The predicted octanol–water partition coefficient (Wildman–Crippen LogP) is 2.73. The zero-order valence-corrected chi connectivity index (χ0v) is 12.4. The van der Waals surface area contributed by atoms with Crippen molar-refractivity contribution < 1.29 is 9.90 Å². The van der Waals surface area contributed by atoms with Crippen LogP contribution < -0.4 is 5.32 Å². The third kappa shape index (κ3) is 2.25. The lowest BCUT2D eigenvalue weighted by molar-refractivity contribution is 0.0945. The lowest BCUT2D eigenvalue weighted by Crippen LogP contribution is -2.31. The molecular weight excluding hydrogens is 270 g/mol. The molecule has 1 aromatic carbocycles. The number of aryl methyl sites for hydroxylation is 2. The van der Waals surface area contributed by atoms with Gasteiger partial charge in [-0.15, -0.1) is 11.3 Å². The van der Waals surface area contributed by atoms with Crippen LogP contribution in [0.15, 0.2) is 24.3 Å². The number of fused-ring (bicyclic) bond motifs is 1. The molecule has 2 heterocycles. The van der Waals surface area contributed by atoms with Gasteiger partial charge in [0.15, 0.2) is 0 Å². The highest BCUT2D eigenvalue weighted by Crippen LogP contribution is 2.31. The molecule has 2 aromatic rings. The van der Waals surface area contributed by atoms with Gasteiger partial charge in [-0.2, -0.15) is 0 Å². The maximum Gasteiger partial charge on any atom is 0.251 e. The molecule has 3 nitrogen and oxygen atoms in total. The molecule has 0 aliphatic carbocycles. The summed E-state index contributed by atoms with van der Waals surface area (Å²) in [5, 5.41) is 13.3. The summed E-state index contributed by atoms with van der Waals surface area (Å²) in [4.78, 5) is 14.0. The average Bonchev–Trinajstić information content (AvgIpc) is 2.78. The fourth-order valence-electron chi connectivity index (χ4n) is 2.50. The van der Waals surface area contributed by atoms with Gasteiger partial charge < -0.3 is 10.4 Å². The second kappa shape index (κ2) is 5.04. The molecule has 0 spiro atoms. The van der Waals surface area contributed by atoms with Crippen molar-refractivity contribution in [3.8, 4) is 0 Å². The van der Waals surface area contributed by atoms with E-state index in [0.29, 0.717) is 12.1 Å². The highest BCUT2D eigenvalue weighted by molar-refractivity contribution is 7.12. The van der Waals surface area contributed by atoms with Crippen LogP contribution in [0, 0.1) is 13.8 Å². The molecule has 1 atom stereocenters. The summed E-state index contributed by atoms with van der Waals surface area (Å²) in [6.45, 7) is 4.79. The fraction of sp³-hybridized carbons (Fsp3) is 0.312. The zero-order chi connectivity index (χ0) is 14.3. The second-order valence-electron chi connectivity index (χ2n) is 5.21. The van der Waals surface area contributed by atoms with Gasteiger partial charge >= 0.3 is 0 Å². The highest BCUT2D eigenvalue weighted by atomic mass is 32.1. The number of hydrogen-bond donors (Lipinski definition) is 2. The van der Waals surface area contributed by atoms with E-state index in [-0.39, 0.29) is 5.91 Å². The first kappa shape index (κ1) is 13.3. The van der Waals surface area contributed by atoms with Gasteiger partial charge in [0.2, 0.25) is 0 Å². The predicted molar refractivity (Wildman–Crippen MR) is 80.3 cm³/mol. The first-order chi connectivity index (χ1) is 9.56. The number of thiophene rings is 1. The van der Waals surface area contributed by atoms with E-state index in [4.69, 9.17) is 0 Å². The Hall–Kier alpha value is -1.65. The molecule has 3 rings (SSSR count). The molecule has 2 N–H and O–H groups in total. The van der Waals surface area contributed by atoms with Crippen molar-refractivity contribution in [3.63, 3.8) is 0 Å². The molecule has 0 saturated heterocycles. The summed E-state index contributed by atoms with van der Waals surface area (Å²) >= 11 is 1.60. The van der Waals surface area contributed by atoms with Crippen molar-refractivity contribution in [3.05, 3.63) is 56.3 Å². The van der Waals surface area contributed by atoms with Crippen LogP contribution in [0.25, 0.3) is 0 Å². The van der Waals surface area contributed by atoms with Crippen molar-refractivity contribution in [2.45, 2.75) is 26.4 Å². The van der Waals surface area contributed by atoms with Crippen molar-refractivity contribution in [2.24, 2.45) is 0 Å². The van der Waals surface area contributed by atoms with Gasteiger partial charge in [-0.05, 0) is 49.1 Å². The monoisotopic (exact) mass is 287 g/mol. The summed E-state index contributed by atoms with van der Waals surface area (Å²) in [5.74, 6) is -0.0427. The molecule has 1 amide bonds. The van der Waals surface area contributed by atoms with Gasteiger partial charge in [-0.1, -0.05) is 12.1 Å². The van der Waals surface area contributed by atoms with Crippen molar-refractivity contribution in [1.29, 1.82) is 0 Å². The Morgan fingerprint density at radius 3 is 2.80 bits per heavy atom. The van der Waals surface area contributed by atoms with Crippen LogP contribution in [0.4, 0.5) is 0 Å². The van der Waals surface area contributed by atoms with Gasteiger partial charge in [0.1, 0.15) is 6.10 Å². The summed E-state index contributed by atoms with van der Waals surface area (Å²) in [6.07, 6.45) is 0.196. The van der Waals surface area contributed by atoms with Gasteiger partial charge in [0.25, 0.3) is 5.91 Å². The Labute approximate surface area is 122 Å². The van der Waals surface area contributed by atoms with Crippen molar-refractivity contribution in [2.75, 3.05) is 6.54 Å². The molecule has 0 radical (unpaired) electrons. The number of hydrogen-bond acceptors (Lipinski definition) is 3. The number of benzene rings is 1. The minimum absolute atomic E-state index is 0.0427. The van der Waals surface area contributed by atoms with E-state index in [1.165, 1.54) is 10.4 Å². The maximum atomic E-state index is 11.9. The van der Waals surface area contributed by atoms with Crippen molar-refractivity contribution in [1.82, 2.24) is 5.32 Å². The van der Waals surface area contributed by atoms with E-state index < -0.39 is 6.10 Å². The number of carbonyl (C=O) groups is 1. The second-order valence-corrected chi connectivity index (χ2v) is 6.50. The summed E-state index contributed by atoms with van der Waals surface area (Å²) in [5.41, 5.74) is 3.72. The zero-order valence-electron chi connectivity index (χ0n) is 11.6. The largest absolute Gasteiger partial charge is 0.383 e. The smallest absolute Gasteiger partial charge is 0.251 e. The lowest BCUT2D eigenvalue weighted by atomic mass is 9.95. The van der Waals surface area contributed by atoms with Gasteiger partial charge in [-0.25, -0.2) is 0 Å². The fourth-order valence-corrected chi connectivity index (χ4v) is 3.56. The number of amides is 1. The Kier molecular flexibility index (Phi) is 3.36. The first-order valence-electron chi connectivity index (χ1n) is 6.72. The molecule has 0 fully saturated rings. The van der Waals surface area contributed by atoms with Crippen LogP contribution in [0.1, 0.15) is 42.9 Å². The van der Waals surface area contributed by atoms with Crippen LogP contribution in [0.2, 0.25) is 0 Å². The van der Waals surface area contributed by atoms with Crippen LogP contribution in [0.5, 0.6) is 0 Å². The third-order valence-corrected chi connectivity index (χ3v) is 5.03. The third-order valence-electron chi connectivity index (χ3n) is 3.83. The molecule has 20 heavy (non-hydrogen) atoms. The molecule has 0 bridgehead atoms. The topological polar surface area (TPSA) is 49.3 Å². The van der Waals surface area contributed by atoms with E-state index in [9.17, 15) is 9.90 Å². The number of rotatable bonds is 2. The van der Waals surface area contributed by atoms with Crippen LogP contribution in [-0.2, 0) is 6.42 Å². The molecule has 0 saturated carbocycles. The Morgan fingerprint density at radius 2 is 2.10 bits per heavy atom. The normalized spacial score (nSPS) is 15.7.